The second kappa shape index (κ2) is 9.54. The number of alkyl halides is 3. The number of anilines is 1. The van der Waals surface area contributed by atoms with Crippen LogP contribution in [0, 0.1) is 17.2 Å². The Morgan fingerprint density at radius 1 is 1.27 bits per heavy atom. The number of ether oxygens (including phenoxy) is 1. The van der Waals surface area contributed by atoms with Crippen molar-refractivity contribution in [3.63, 3.8) is 0 Å². The third-order valence-electron chi connectivity index (χ3n) is 5.52. The summed E-state index contributed by atoms with van der Waals surface area (Å²) in [6.07, 6.45) is -0.752. The summed E-state index contributed by atoms with van der Waals surface area (Å²) in [5.41, 5.74) is 0.109. The second-order valence-electron chi connectivity index (χ2n) is 7.41. The van der Waals surface area contributed by atoms with Crippen molar-refractivity contribution < 1.29 is 37.0 Å². The van der Waals surface area contributed by atoms with Crippen molar-refractivity contribution in [2.24, 2.45) is 11.3 Å². The number of piperidine rings is 1. The molecule has 2 fully saturated rings. The molecule has 0 aromatic carbocycles. The average Bonchev–Trinajstić information content (AvgIpc) is 3.02. The van der Waals surface area contributed by atoms with Gasteiger partial charge in [-0.3, -0.25) is 4.79 Å². The summed E-state index contributed by atoms with van der Waals surface area (Å²) in [6, 6.07) is 0. The SMILES string of the molecule is COCC1CN(C(C)=O)CC12CCN(c1ncc(F)cn1)CC2.O=C(O)C(F)(F)F. The van der Waals surface area contributed by atoms with Gasteiger partial charge in [0.05, 0.1) is 19.0 Å². The standard InChI is InChI=1S/C16H23FN4O2.C2HF3O2/c1-12(22)21-9-13(10-23-2)16(11-21)3-5-20(6-4-16)15-18-7-14(17)8-19-15;3-2(4,5)1(6)7/h7-8,13H,3-6,9-11H2,1-2H3;(H,6,7). The quantitative estimate of drug-likeness (QED) is 0.724. The maximum absolute atomic E-state index is 13.0. The van der Waals surface area contributed by atoms with E-state index in [-0.39, 0.29) is 11.3 Å². The third kappa shape index (κ3) is 5.77. The molecule has 2 aliphatic heterocycles. The van der Waals surface area contributed by atoms with Gasteiger partial charge >= 0.3 is 12.1 Å². The third-order valence-corrected chi connectivity index (χ3v) is 5.52. The number of carbonyl (C=O) groups excluding carboxylic acids is 1. The van der Waals surface area contributed by atoms with E-state index in [0.29, 0.717) is 18.5 Å². The van der Waals surface area contributed by atoms with Crippen LogP contribution in [0.2, 0.25) is 0 Å². The van der Waals surface area contributed by atoms with Crippen molar-refractivity contribution in [1.29, 1.82) is 0 Å². The minimum Gasteiger partial charge on any atom is -0.475 e. The lowest BCUT2D eigenvalue weighted by atomic mass is 9.71. The van der Waals surface area contributed by atoms with Crippen LogP contribution in [0.15, 0.2) is 12.4 Å². The van der Waals surface area contributed by atoms with E-state index >= 15 is 0 Å². The number of halogens is 4. The van der Waals surface area contributed by atoms with E-state index in [2.05, 4.69) is 14.9 Å². The lowest BCUT2D eigenvalue weighted by Gasteiger charge is -2.42. The summed E-state index contributed by atoms with van der Waals surface area (Å²) in [5, 5.41) is 7.12. The number of aliphatic carboxylic acids is 1. The van der Waals surface area contributed by atoms with E-state index in [1.807, 2.05) is 4.90 Å². The number of hydrogen-bond acceptors (Lipinski definition) is 6. The first-order valence-electron chi connectivity index (χ1n) is 9.25. The summed E-state index contributed by atoms with van der Waals surface area (Å²) in [4.78, 5) is 32.8. The van der Waals surface area contributed by atoms with Crippen LogP contribution in [0.1, 0.15) is 19.8 Å². The van der Waals surface area contributed by atoms with Crippen molar-refractivity contribution in [3.8, 4) is 0 Å². The molecule has 1 amide bonds. The number of nitrogens with zero attached hydrogens (tertiary/aromatic N) is 4. The van der Waals surface area contributed by atoms with Gasteiger partial charge in [0.1, 0.15) is 0 Å². The molecule has 1 spiro atoms. The highest BCUT2D eigenvalue weighted by Crippen LogP contribution is 2.45. The van der Waals surface area contributed by atoms with Crippen molar-refractivity contribution in [2.75, 3.05) is 44.8 Å². The van der Waals surface area contributed by atoms with Gasteiger partial charge in [0, 0.05) is 46.1 Å². The molecule has 1 aromatic rings. The molecule has 2 aliphatic rings. The molecule has 0 radical (unpaired) electrons. The van der Waals surface area contributed by atoms with Crippen LogP contribution in [0.5, 0.6) is 0 Å². The molecule has 30 heavy (non-hydrogen) atoms. The molecule has 0 bridgehead atoms. The summed E-state index contributed by atoms with van der Waals surface area (Å²) in [6.45, 7) is 5.51. The Bertz CT molecular complexity index is 737. The van der Waals surface area contributed by atoms with Gasteiger partial charge in [0.25, 0.3) is 0 Å². The average molecular weight is 436 g/mol. The molecule has 8 nitrogen and oxygen atoms in total. The number of likely N-dealkylation sites (tertiary alicyclic amines) is 1. The van der Waals surface area contributed by atoms with Gasteiger partial charge in [0.2, 0.25) is 11.9 Å². The number of amides is 1. The maximum Gasteiger partial charge on any atom is 0.490 e. The lowest BCUT2D eigenvalue weighted by molar-refractivity contribution is -0.192. The van der Waals surface area contributed by atoms with E-state index in [0.717, 1.165) is 39.0 Å². The molecule has 1 aromatic heterocycles. The summed E-state index contributed by atoms with van der Waals surface area (Å²) in [7, 11) is 1.71. The van der Waals surface area contributed by atoms with Crippen molar-refractivity contribution in [1.82, 2.24) is 14.9 Å². The molecule has 2 saturated heterocycles. The fourth-order valence-electron chi connectivity index (χ4n) is 3.89. The zero-order valence-electron chi connectivity index (χ0n) is 16.7. The first-order valence-corrected chi connectivity index (χ1v) is 9.25. The van der Waals surface area contributed by atoms with Crippen LogP contribution in [0.25, 0.3) is 0 Å². The van der Waals surface area contributed by atoms with E-state index < -0.39 is 18.0 Å². The fourth-order valence-corrected chi connectivity index (χ4v) is 3.89. The second-order valence-corrected chi connectivity index (χ2v) is 7.41. The van der Waals surface area contributed by atoms with E-state index in [9.17, 15) is 22.4 Å². The number of carboxylic acid groups (broad SMARTS) is 1. The number of rotatable bonds is 3. The normalized spacial score (nSPS) is 20.7. The van der Waals surface area contributed by atoms with Gasteiger partial charge < -0.3 is 19.6 Å². The molecule has 0 saturated carbocycles. The molecule has 3 rings (SSSR count). The van der Waals surface area contributed by atoms with Crippen LogP contribution in [-0.2, 0) is 14.3 Å². The minimum atomic E-state index is -5.08. The van der Waals surface area contributed by atoms with Crippen molar-refractivity contribution in [2.45, 2.75) is 25.9 Å². The molecule has 1 unspecified atom stereocenters. The molecular weight excluding hydrogens is 412 g/mol. The molecule has 1 atom stereocenters. The van der Waals surface area contributed by atoms with Gasteiger partial charge in [-0.25, -0.2) is 19.2 Å². The summed E-state index contributed by atoms with van der Waals surface area (Å²) >= 11 is 0. The predicted molar refractivity (Wildman–Crippen MR) is 97.2 cm³/mol. The molecule has 168 valence electrons. The molecular formula is C18H24F4N4O4. The van der Waals surface area contributed by atoms with Crippen LogP contribution in [0.3, 0.4) is 0 Å². The van der Waals surface area contributed by atoms with Crippen molar-refractivity contribution >= 4 is 17.8 Å². The smallest absolute Gasteiger partial charge is 0.475 e. The number of carbonyl (C=O) groups is 2. The first-order chi connectivity index (χ1) is 14.0. The van der Waals surface area contributed by atoms with Gasteiger partial charge in [-0.05, 0) is 18.3 Å². The van der Waals surface area contributed by atoms with E-state index in [4.69, 9.17) is 14.6 Å². The zero-order valence-corrected chi connectivity index (χ0v) is 16.7. The molecule has 0 aliphatic carbocycles. The Morgan fingerprint density at radius 2 is 1.80 bits per heavy atom. The highest BCUT2D eigenvalue weighted by Gasteiger charge is 2.48. The Balaban J connectivity index is 0.000000396. The number of carboxylic acids is 1. The Hall–Kier alpha value is -2.50. The number of methoxy groups -OCH3 is 1. The minimum absolute atomic E-state index is 0.109. The monoisotopic (exact) mass is 436 g/mol. The molecule has 3 heterocycles. The van der Waals surface area contributed by atoms with Gasteiger partial charge in [0.15, 0.2) is 5.82 Å². The maximum atomic E-state index is 13.0. The summed E-state index contributed by atoms with van der Waals surface area (Å²) < 4.78 is 50.1. The lowest BCUT2D eigenvalue weighted by Crippen LogP contribution is -2.46. The highest BCUT2D eigenvalue weighted by molar-refractivity contribution is 5.73. The van der Waals surface area contributed by atoms with E-state index in [1.54, 1.807) is 14.0 Å². The Kier molecular flexibility index (Phi) is 7.56. The Morgan fingerprint density at radius 3 is 2.23 bits per heavy atom. The predicted octanol–water partition coefficient (Wildman–Crippen LogP) is 1.96. The Labute approximate surface area is 170 Å². The fraction of sp³-hybridized carbons (Fsp3) is 0.667. The van der Waals surface area contributed by atoms with Crippen LogP contribution in [-0.4, -0.2) is 77.9 Å². The largest absolute Gasteiger partial charge is 0.490 e. The van der Waals surface area contributed by atoms with Gasteiger partial charge in [-0.2, -0.15) is 13.2 Å². The number of hydrogen-bond donors (Lipinski definition) is 1. The van der Waals surface area contributed by atoms with Crippen LogP contribution < -0.4 is 4.90 Å². The molecule has 1 N–H and O–H groups in total. The topological polar surface area (TPSA) is 95.9 Å². The summed E-state index contributed by atoms with van der Waals surface area (Å²) in [5.74, 6) is -2.10. The highest BCUT2D eigenvalue weighted by atomic mass is 19.4. The van der Waals surface area contributed by atoms with Gasteiger partial charge in [-0.15, -0.1) is 0 Å². The van der Waals surface area contributed by atoms with Gasteiger partial charge in [-0.1, -0.05) is 0 Å². The van der Waals surface area contributed by atoms with Crippen LogP contribution in [0.4, 0.5) is 23.5 Å². The molecule has 12 heteroatoms. The number of aromatic nitrogens is 2. The van der Waals surface area contributed by atoms with E-state index in [1.165, 1.54) is 12.4 Å². The van der Waals surface area contributed by atoms with Crippen molar-refractivity contribution in [3.05, 3.63) is 18.2 Å². The van der Waals surface area contributed by atoms with Crippen LogP contribution >= 0.6 is 0 Å². The first kappa shape index (κ1) is 23.8. The zero-order chi connectivity index (χ0) is 22.5.